The van der Waals surface area contributed by atoms with E-state index >= 15 is 0 Å². The Morgan fingerprint density at radius 1 is 1.50 bits per heavy atom. The van der Waals surface area contributed by atoms with E-state index in [0.717, 1.165) is 31.0 Å². The van der Waals surface area contributed by atoms with Gasteiger partial charge in [0, 0.05) is 35.5 Å². The molecule has 1 aliphatic rings. The molecule has 0 radical (unpaired) electrons. The fourth-order valence-corrected chi connectivity index (χ4v) is 3.34. The molecule has 1 amide bonds. The van der Waals surface area contributed by atoms with Crippen LogP contribution in [0.3, 0.4) is 0 Å². The van der Waals surface area contributed by atoms with Crippen molar-refractivity contribution in [3.63, 3.8) is 0 Å². The number of nitrogens with zero attached hydrogens (tertiary/aromatic N) is 2. The predicted octanol–water partition coefficient (Wildman–Crippen LogP) is 2.03. The molecule has 0 unspecified atom stereocenters. The maximum absolute atomic E-state index is 12.6. The van der Waals surface area contributed by atoms with Crippen LogP contribution in [0.2, 0.25) is 0 Å². The molecule has 0 bridgehead atoms. The van der Waals surface area contributed by atoms with Crippen molar-refractivity contribution in [2.45, 2.75) is 31.9 Å². The highest BCUT2D eigenvalue weighted by Gasteiger charge is 2.27. The molecule has 1 saturated heterocycles. The van der Waals surface area contributed by atoms with Gasteiger partial charge in [0.25, 0.3) is 5.91 Å². The van der Waals surface area contributed by atoms with Crippen molar-refractivity contribution in [2.75, 3.05) is 24.3 Å². The molecular weight excluding hydrogens is 272 g/mol. The first-order valence-corrected chi connectivity index (χ1v) is 7.78. The fraction of sp³-hybridized carbons (Fsp3) is 0.571. The predicted molar refractivity (Wildman–Crippen MR) is 83.8 cm³/mol. The molecule has 0 spiro atoms. The van der Waals surface area contributed by atoms with Gasteiger partial charge >= 0.3 is 0 Å². The molecule has 0 atom stereocenters. The zero-order chi connectivity index (χ0) is 14.8. The van der Waals surface area contributed by atoms with Gasteiger partial charge in [-0.2, -0.15) is 11.8 Å². The standard InChI is InChI=1S/C14H22N4OS/c1-10-8-12(17-15)11(9-16-10)13(19)18-5-4-14(2,3)20-7-6-18/h8-9H,4-7,15H2,1-3H3,(H,16,17). The van der Waals surface area contributed by atoms with Gasteiger partial charge in [-0.15, -0.1) is 0 Å². The first kappa shape index (κ1) is 15.1. The van der Waals surface area contributed by atoms with Crippen molar-refractivity contribution in [3.05, 3.63) is 23.5 Å². The number of thioether (sulfide) groups is 1. The molecule has 20 heavy (non-hydrogen) atoms. The van der Waals surface area contributed by atoms with Gasteiger partial charge in [-0.05, 0) is 19.4 Å². The number of nitrogen functional groups attached to an aromatic ring is 1. The van der Waals surface area contributed by atoms with Gasteiger partial charge in [0.1, 0.15) is 0 Å². The first-order valence-electron chi connectivity index (χ1n) is 6.79. The van der Waals surface area contributed by atoms with Gasteiger partial charge in [-0.25, -0.2) is 0 Å². The number of nitrogens with two attached hydrogens (primary N) is 1. The Balaban J connectivity index is 2.19. The van der Waals surface area contributed by atoms with Crippen LogP contribution < -0.4 is 11.3 Å². The van der Waals surface area contributed by atoms with E-state index in [1.165, 1.54) is 0 Å². The second kappa shape index (κ2) is 6.01. The Hall–Kier alpha value is -1.27. The number of amides is 1. The second-order valence-electron chi connectivity index (χ2n) is 5.67. The summed E-state index contributed by atoms with van der Waals surface area (Å²) in [6.45, 7) is 7.87. The van der Waals surface area contributed by atoms with Gasteiger partial charge in [-0.3, -0.25) is 15.6 Å². The van der Waals surface area contributed by atoms with Gasteiger partial charge in [0.15, 0.2) is 0 Å². The largest absolute Gasteiger partial charge is 0.338 e. The Morgan fingerprint density at radius 2 is 2.25 bits per heavy atom. The lowest BCUT2D eigenvalue weighted by Gasteiger charge is -2.23. The number of hydrogen-bond acceptors (Lipinski definition) is 5. The molecule has 5 nitrogen and oxygen atoms in total. The third-order valence-corrected chi connectivity index (χ3v) is 4.92. The van der Waals surface area contributed by atoms with Crippen molar-refractivity contribution in [1.29, 1.82) is 0 Å². The zero-order valence-corrected chi connectivity index (χ0v) is 13.1. The minimum absolute atomic E-state index is 0.00347. The van der Waals surface area contributed by atoms with E-state index in [0.29, 0.717) is 11.3 Å². The molecule has 2 rings (SSSR count). The van der Waals surface area contributed by atoms with Crippen molar-refractivity contribution in [2.24, 2.45) is 5.84 Å². The molecule has 1 aliphatic heterocycles. The van der Waals surface area contributed by atoms with Crippen molar-refractivity contribution in [1.82, 2.24) is 9.88 Å². The molecule has 1 aromatic heterocycles. The number of carbonyl (C=O) groups excluding carboxylic acids is 1. The summed E-state index contributed by atoms with van der Waals surface area (Å²) in [5.41, 5.74) is 4.61. The number of rotatable bonds is 2. The normalized spacial score (nSPS) is 18.5. The van der Waals surface area contributed by atoms with Crippen molar-refractivity contribution < 1.29 is 4.79 Å². The minimum Gasteiger partial charge on any atom is -0.338 e. The van der Waals surface area contributed by atoms with Crippen LogP contribution in [-0.4, -0.2) is 39.4 Å². The number of pyridine rings is 1. The van der Waals surface area contributed by atoms with E-state index in [4.69, 9.17) is 5.84 Å². The lowest BCUT2D eigenvalue weighted by atomic mass is 10.1. The van der Waals surface area contributed by atoms with Gasteiger partial charge < -0.3 is 10.3 Å². The lowest BCUT2D eigenvalue weighted by molar-refractivity contribution is 0.0765. The number of aryl methyl sites for hydroxylation is 1. The molecule has 3 N–H and O–H groups in total. The van der Waals surface area contributed by atoms with E-state index < -0.39 is 0 Å². The third kappa shape index (κ3) is 3.43. The molecule has 2 heterocycles. The summed E-state index contributed by atoms with van der Waals surface area (Å²) >= 11 is 1.92. The van der Waals surface area contributed by atoms with Crippen LogP contribution in [0.15, 0.2) is 12.3 Å². The maximum atomic E-state index is 12.6. The van der Waals surface area contributed by atoms with E-state index in [9.17, 15) is 4.79 Å². The summed E-state index contributed by atoms with van der Waals surface area (Å²) < 4.78 is 0.232. The van der Waals surface area contributed by atoms with Crippen LogP contribution in [0.4, 0.5) is 5.69 Å². The van der Waals surface area contributed by atoms with E-state index in [2.05, 4.69) is 24.3 Å². The fourth-order valence-electron chi connectivity index (χ4n) is 2.24. The smallest absolute Gasteiger partial charge is 0.257 e. The van der Waals surface area contributed by atoms with Crippen LogP contribution in [0.5, 0.6) is 0 Å². The van der Waals surface area contributed by atoms with E-state index in [-0.39, 0.29) is 10.7 Å². The number of carbonyl (C=O) groups is 1. The molecule has 1 aromatic rings. The monoisotopic (exact) mass is 294 g/mol. The molecule has 6 heteroatoms. The summed E-state index contributed by atoms with van der Waals surface area (Å²) in [4.78, 5) is 18.7. The van der Waals surface area contributed by atoms with Crippen LogP contribution in [0.25, 0.3) is 0 Å². The molecule has 1 fully saturated rings. The highest BCUT2D eigenvalue weighted by atomic mass is 32.2. The van der Waals surface area contributed by atoms with Crippen LogP contribution in [0.1, 0.15) is 36.3 Å². The quantitative estimate of drug-likeness (QED) is 0.645. The average Bonchev–Trinajstić information content (AvgIpc) is 2.59. The Kier molecular flexibility index (Phi) is 4.55. The number of aromatic nitrogens is 1. The molecular formula is C14H22N4OS. The number of hydrogen-bond donors (Lipinski definition) is 2. The zero-order valence-electron chi connectivity index (χ0n) is 12.3. The van der Waals surface area contributed by atoms with E-state index in [1.54, 1.807) is 12.3 Å². The lowest BCUT2D eigenvalue weighted by Crippen LogP contribution is -2.34. The average molecular weight is 294 g/mol. The van der Waals surface area contributed by atoms with Gasteiger partial charge in [0.2, 0.25) is 0 Å². The summed E-state index contributed by atoms with van der Waals surface area (Å²) in [7, 11) is 0. The number of anilines is 1. The summed E-state index contributed by atoms with van der Waals surface area (Å²) in [6, 6.07) is 1.80. The first-order chi connectivity index (χ1) is 9.43. The van der Waals surface area contributed by atoms with Crippen molar-refractivity contribution >= 4 is 23.4 Å². The molecule has 0 saturated carbocycles. The van der Waals surface area contributed by atoms with Crippen molar-refractivity contribution in [3.8, 4) is 0 Å². The number of hydrazine groups is 1. The number of nitrogens with one attached hydrogen (secondary N) is 1. The summed E-state index contributed by atoms with van der Waals surface area (Å²) in [5.74, 6) is 6.47. The van der Waals surface area contributed by atoms with Crippen LogP contribution >= 0.6 is 11.8 Å². The highest BCUT2D eigenvalue weighted by Crippen LogP contribution is 2.31. The maximum Gasteiger partial charge on any atom is 0.257 e. The van der Waals surface area contributed by atoms with Gasteiger partial charge in [0.05, 0.1) is 11.3 Å². The van der Waals surface area contributed by atoms with E-state index in [1.807, 2.05) is 23.6 Å². The third-order valence-electron chi connectivity index (χ3n) is 3.55. The molecule has 0 aromatic carbocycles. The SMILES string of the molecule is Cc1cc(NN)c(C(=O)N2CCSC(C)(C)CC2)cn1. The molecule has 110 valence electrons. The topological polar surface area (TPSA) is 71.2 Å². The Labute approximate surface area is 124 Å². The van der Waals surface area contributed by atoms with Gasteiger partial charge in [-0.1, -0.05) is 13.8 Å². The van der Waals surface area contributed by atoms with Crippen LogP contribution in [0, 0.1) is 6.92 Å². The second-order valence-corrected chi connectivity index (χ2v) is 7.47. The summed E-state index contributed by atoms with van der Waals surface area (Å²) in [5, 5.41) is 0. The Morgan fingerprint density at radius 3 is 2.95 bits per heavy atom. The Bertz CT molecular complexity index is 504. The van der Waals surface area contributed by atoms with Crippen LogP contribution in [-0.2, 0) is 0 Å². The molecule has 0 aliphatic carbocycles. The summed E-state index contributed by atoms with van der Waals surface area (Å²) in [6.07, 6.45) is 2.60. The minimum atomic E-state index is 0.00347. The highest BCUT2D eigenvalue weighted by molar-refractivity contribution is 8.00.